The number of hydrogen-bond donors (Lipinski definition) is 2. The summed E-state index contributed by atoms with van der Waals surface area (Å²) in [5, 5.41) is 5.39. The normalized spacial score (nSPS) is 19.9. The Hall–Kier alpha value is -3.40. The van der Waals surface area contributed by atoms with Gasteiger partial charge in [0, 0.05) is 49.0 Å². The summed E-state index contributed by atoms with van der Waals surface area (Å²) < 4.78 is 24.9. The van der Waals surface area contributed by atoms with Crippen LogP contribution in [0.2, 0.25) is 0 Å². The number of ether oxygens (including phenoxy) is 2. The summed E-state index contributed by atoms with van der Waals surface area (Å²) in [4.78, 5) is 38.3. The van der Waals surface area contributed by atoms with E-state index in [2.05, 4.69) is 10.6 Å². The largest absolute Gasteiger partial charge is 0.491 e. The summed E-state index contributed by atoms with van der Waals surface area (Å²) in [7, 11) is 7.86. The lowest BCUT2D eigenvalue weighted by atomic mass is 9.70. The summed E-state index contributed by atoms with van der Waals surface area (Å²) in [6.45, 7) is 1.01. The molecule has 33 heavy (non-hydrogen) atoms. The third kappa shape index (κ3) is 4.43. The zero-order valence-electron chi connectivity index (χ0n) is 18.2. The minimum Gasteiger partial charge on any atom is -0.491 e. The van der Waals surface area contributed by atoms with Gasteiger partial charge in [-0.1, -0.05) is 6.07 Å². The SMILES string of the molecule is [B]C1(N2Cc3c(NCc4cc(OCCOC)ccc4F)cccc3C2=O)CCC(=O)NC1=O. The Labute approximate surface area is 191 Å². The van der Waals surface area contributed by atoms with E-state index >= 15 is 0 Å². The number of halogens is 1. The highest BCUT2D eigenvalue weighted by Crippen LogP contribution is 2.36. The number of hydrogen-bond acceptors (Lipinski definition) is 6. The van der Waals surface area contributed by atoms with Crippen LogP contribution in [0.3, 0.4) is 0 Å². The fraction of sp³-hybridized carbons (Fsp3) is 0.348. The van der Waals surface area contributed by atoms with Crippen molar-refractivity contribution >= 4 is 31.3 Å². The Kier molecular flexibility index (Phi) is 6.37. The molecule has 2 aromatic carbocycles. The van der Waals surface area contributed by atoms with Gasteiger partial charge in [-0.05, 0) is 36.8 Å². The van der Waals surface area contributed by atoms with Gasteiger partial charge in [-0.3, -0.25) is 19.7 Å². The molecule has 1 unspecified atom stereocenters. The number of nitrogens with one attached hydrogen (secondary N) is 2. The number of piperidine rings is 1. The van der Waals surface area contributed by atoms with Crippen molar-refractivity contribution in [2.24, 2.45) is 0 Å². The minimum absolute atomic E-state index is 0.0429. The molecule has 4 rings (SSSR count). The van der Waals surface area contributed by atoms with Crippen LogP contribution in [-0.2, 0) is 27.4 Å². The van der Waals surface area contributed by atoms with E-state index in [1.807, 2.05) is 0 Å². The summed E-state index contributed by atoms with van der Waals surface area (Å²) in [5.41, 5.74) is 0.478. The van der Waals surface area contributed by atoms with E-state index in [4.69, 9.17) is 17.3 Å². The molecule has 1 saturated heterocycles. The molecule has 2 N–H and O–H groups in total. The van der Waals surface area contributed by atoms with E-state index < -0.39 is 23.1 Å². The van der Waals surface area contributed by atoms with Gasteiger partial charge in [-0.25, -0.2) is 4.39 Å². The molecular weight excluding hydrogens is 428 g/mol. The van der Waals surface area contributed by atoms with Crippen molar-refractivity contribution in [2.75, 3.05) is 25.6 Å². The van der Waals surface area contributed by atoms with Crippen LogP contribution in [0.5, 0.6) is 5.75 Å². The van der Waals surface area contributed by atoms with E-state index in [1.165, 1.54) is 11.0 Å². The lowest BCUT2D eigenvalue weighted by molar-refractivity contribution is -0.138. The van der Waals surface area contributed by atoms with Crippen molar-refractivity contribution in [2.45, 2.75) is 31.4 Å². The monoisotopic (exact) mass is 451 g/mol. The highest BCUT2D eigenvalue weighted by molar-refractivity contribution is 6.32. The number of amides is 3. The van der Waals surface area contributed by atoms with Crippen LogP contribution in [0, 0.1) is 5.82 Å². The van der Waals surface area contributed by atoms with Gasteiger partial charge in [-0.15, -0.1) is 0 Å². The van der Waals surface area contributed by atoms with Gasteiger partial charge >= 0.3 is 0 Å². The van der Waals surface area contributed by atoms with Crippen LogP contribution in [0.4, 0.5) is 10.1 Å². The van der Waals surface area contributed by atoms with Crippen molar-refractivity contribution in [3.63, 3.8) is 0 Å². The first kappa shape index (κ1) is 22.8. The van der Waals surface area contributed by atoms with Crippen molar-refractivity contribution < 1.29 is 28.2 Å². The first-order valence-corrected chi connectivity index (χ1v) is 10.5. The van der Waals surface area contributed by atoms with Crippen LogP contribution in [0.15, 0.2) is 36.4 Å². The molecule has 8 nitrogen and oxygen atoms in total. The second-order valence-electron chi connectivity index (χ2n) is 7.97. The fourth-order valence-corrected chi connectivity index (χ4v) is 4.00. The first-order chi connectivity index (χ1) is 15.8. The molecule has 2 radical (unpaired) electrons. The van der Waals surface area contributed by atoms with Gasteiger partial charge in [0.05, 0.1) is 12.0 Å². The van der Waals surface area contributed by atoms with Crippen molar-refractivity contribution in [3.8, 4) is 5.75 Å². The van der Waals surface area contributed by atoms with Crippen molar-refractivity contribution in [3.05, 3.63) is 58.9 Å². The number of imide groups is 1. The predicted molar refractivity (Wildman–Crippen MR) is 118 cm³/mol. The van der Waals surface area contributed by atoms with Gasteiger partial charge in [0.2, 0.25) is 11.8 Å². The fourth-order valence-electron chi connectivity index (χ4n) is 4.00. The lowest BCUT2D eigenvalue weighted by Crippen LogP contribution is -2.63. The first-order valence-electron chi connectivity index (χ1n) is 10.5. The van der Waals surface area contributed by atoms with Crippen LogP contribution in [0.1, 0.15) is 34.3 Å². The third-order valence-corrected chi connectivity index (χ3v) is 5.87. The van der Waals surface area contributed by atoms with Crippen LogP contribution in [0.25, 0.3) is 0 Å². The highest BCUT2D eigenvalue weighted by Gasteiger charge is 2.48. The summed E-state index contributed by atoms with van der Waals surface area (Å²) in [6, 6.07) is 9.63. The Bertz CT molecular complexity index is 1110. The Morgan fingerprint density at radius 3 is 2.79 bits per heavy atom. The number of carbonyl (C=O) groups excluding carboxylic acids is 3. The number of methoxy groups -OCH3 is 1. The Morgan fingerprint density at radius 2 is 2.03 bits per heavy atom. The molecule has 0 aliphatic carbocycles. The average Bonchev–Trinajstić information content (AvgIpc) is 3.15. The van der Waals surface area contributed by atoms with Crippen LogP contribution in [-0.4, -0.2) is 56.2 Å². The number of anilines is 1. The molecule has 0 spiro atoms. The highest BCUT2D eigenvalue weighted by atomic mass is 19.1. The average molecular weight is 451 g/mol. The van der Waals surface area contributed by atoms with Crippen molar-refractivity contribution in [1.82, 2.24) is 10.2 Å². The van der Waals surface area contributed by atoms with Crippen molar-refractivity contribution in [1.29, 1.82) is 0 Å². The van der Waals surface area contributed by atoms with E-state index in [0.29, 0.717) is 41.3 Å². The number of nitrogens with zero attached hydrogens (tertiary/aromatic N) is 1. The quantitative estimate of drug-likeness (QED) is 0.361. The molecule has 2 aromatic rings. The lowest BCUT2D eigenvalue weighted by Gasteiger charge is -2.40. The molecule has 0 bridgehead atoms. The maximum atomic E-state index is 14.4. The topological polar surface area (TPSA) is 97.0 Å². The summed E-state index contributed by atoms with van der Waals surface area (Å²) >= 11 is 0. The molecular formula is C23H23BFN3O5. The Morgan fingerprint density at radius 1 is 1.21 bits per heavy atom. The van der Waals surface area contributed by atoms with Crippen LogP contribution < -0.4 is 15.4 Å². The van der Waals surface area contributed by atoms with Gasteiger partial charge in [0.25, 0.3) is 5.91 Å². The smallest absolute Gasteiger partial charge is 0.254 e. The molecule has 3 amide bonds. The second kappa shape index (κ2) is 9.23. The third-order valence-electron chi connectivity index (χ3n) is 5.87. The number of carbonyl (C=O) groups is 3. The van der Waals surface area contributed by atoms with Gasteiger partial charge < -0.3 is 19.7 Å². The molecule has 0 aromatic heterocycles. The summed E-state index contributed by atoms with van der Waals surface area (Å²) in [6.07, 6.45) is 0.0940. The van der Waals surface area contributed by atoms with Crippen LogP contribution >= 0.6 is 0 Å². The molecule has 1 atom stereocenters. The number of fused-ring (bicyclic) bond motifs is 1. The predicted octanol–water partition coefficient (Wildman–Crippen LogP) is 1.72. The molecule has 1 fully saturated rings. The zero-order chi connectivity index (χ0) is 23.6. The standard InChI is InChI=1S/C23H23BFN3O5/c1-32-9-10-33-15-5-6-18(25)14(11-15)12-26-19-4-2-3-16-17(19)13-28(21(16)30)23(24)8-7-20(29)27-22(23)31/h2-6,11,26H,7-10,12-13H2,1H3,(H,27,29,31). The maximum Gasteiger partial charge on any atom is 0.254 e. The number of benzene rings is 2. The van der Waals surface area contributed by atoms with E-state index in [0.717, 1.165) is 0 Å². The molecule has 2 heterocycles. The number of rotatable bonds is 8. The van der Waals surface area contributed by atoms with Gasteiger partial charge in [-0.2, -0.15) is 0 Å². The van der Waals surface area contributed by atoms with E-state index in [9.17, 15) is 18.8 Å². The molecule has 0 saturated carbocycles. The molecule has 10 heteroatoms. The molecule has 2 aliphatic heterocycles. The molecule has 170 valence electrons. The minimum atomic E-state index is -1.61. The maximum absolute atomic E-state index is 14.4. The molecule has 2 aliphatic rings. The summed E-state index contributed by atoms with van der Waals surface area (Å²) in [5.74, 6) is -1.37. The second-order valence-corrected chi connectivity index (χ2v) is 7.97. The van der Waals surface area contributed by atoms with Gasteiger partial charge in [0.1, 0.15) is 26.0 Å². The van der Waals surface area contributed by atoms with E-state index in [1.54, 1.807) is 37.4 Å². The zero-order valence-corrected chi connectivity index (χ0v) is 18.2. The van der Waals surface area contributed by atoms with Gasteiger partial charge in [0.15, 0.2) is 0 Å². The van der Waals surface area contributed by atoms with E-state index in [-0.39, 0.29) is 31.8 Å². The Balaban J connectivity index is 1.51.